The molecule has 0 spiro atoms. The Labute approximate surface area is 167 Å². The molecule has 0 saturated heterocycles. The lowest BCUT2D eigenvalue weighted by Gasteiger charge is -2.12. The second kappa shape index (κ2) is 6.56. The average molecular weight is 379 g/mol. The van der Waals surface area contributed by atoms with Gasteiger partial charge in [-0.2, -0.15) is 0 Å². The molecule has 1 aliphatic rings. The van der Waals surface area contributed by atoms with Gasteiger partial charge in [0.2, 0.25) is 0 Å². The van der Waals surface area contributed by atoms with E-state index in [1.54, 1.807) is 16.7 Å². The molecule has 0 fully saturated rings. The van der Waals surface area contributed by atoms with Crippen LogP contribution < -0.4 is 10.9 Å². The Hall–Kier alpha value is -3.99. The maximum absolute atomic E-state index is 13.4. The lowest BCUT2D eigenvalue weighted by atomic mass is 10.1. The van der Waals surface area contributed by atoms with Crippen LogP contribution in [0.3, 0.4) is 0 Å². The molecule has 4 aromatic rings. The van der Waals surface area contributed by atoms with Gasteiger partial charge in [0.05, 0.1) is 22.2 Å². The smallest absolute Gasteiger partial charge is 0.266 e. The van der Waals surface area contributed by atoms with Gasteiger partial charge in [-0.1, -0.05) is 42.5 Å². The molecular weight excluding hydrogens is 362 g/mol. The van der Waals surface area contributed by atoms with E-state index >= 15 is 0 Å². The molecule has 1 aliphatic heterocycles. The molecule has 29 heavy (non-hydrogen) atoms. The van der Waals surface area contributed by atoms with E-state index in [-0.39, 0.29) is 11.5 Å². The zero-order valence-electron chi connectivity index (χ0n) is 15.7. The second-order valence-corrected chi connectivity index (χ2v) is 7.02. The fourth-order valence-corrected chi connectivity index (χ4v) is 3.67. The van der Waals surface area contributed by atoms with Crippen molar-refractivity contribution in [3.8, 4) is 5.69 Å². The lowest BCUT2D eigenvalue weighted by molar-refractivity contribution is -0.110. The van der Waals surface area contributed by atoms with Gasteiger partial charge in [0, 0.05) is 11.3 Å². The van der Waals surface area contributed by atoms with E-state index in [0.717, 1.165) is 16.8 Å². The minimum Gasteiger partial charge on any atom is -0.321 e. The van der Waals surface area contributed by atoms with E-state index in [4.69, 9.17) is 4.98 Å². The molecule has 1 amide bonds. The van der Waals surface area contributed by atoms with Crippen LogP contribution in [-0.2, 0) is 4.79 Å². The Kier molecular flexibility index (Phi) is 3.88. The molecule has 2 heterocycles. The van der Waals surface area contributed by atoms with Crippen LogP contribution in [0.15, 0.2) is 77.6 Å². The fourth-order valence-electron chi connectivity index (χ4n) is 3.67. The first-order valence-corrected chi connectivity index (χ1v) is 9.33. The standard InChI is InChI=1S/C24H17N3O2/c1-15-7-6-8-16(13-15)27-22(25-21-12-5-3-10-18(21)24(27)29)14-19-17-9-2-4-11-20(17)26-23(19)28/h2-14H,1H3,(H,26,28)/b19-14-. The summed E-state index contributed by atoms with van der Waals surface area (Å²) in [6.45, 7) is 1.97. The highest BCUT2D eigenvalue weighted by Gasteiger charge is 2.24. The normalized spacial score (nSPS) is 14.2. The summed E-state index contributed by atoms with van der Waals surface area (Å²) in [5.41, 5.74) is 4.23. The summed E-state index contributed by atoms with van der Waals surface area (Å²) in [4.78, 5) is 30.7. The summed E-state index contributed by atoms with van der Waals surface area (Å²) in [7, 11) is 0. The maximum Gasteiger partial charge on any atom is 0.266 e. The molecule has 5 nitrogen and oxygen atoms in total. The molecule has 5 rings (SSSR count). The summed E-state index contributed by atoms with van der Waals surface area (Å²) < 4.78 is 1.57. The first-order valence-electron chi connectivity index (χ1n) is 9.33. The molecule has 1 N–H and O–H groups in total. The number of benzene rings is 3. The minimum absolute atomic E-state index is 0.167. The molecule has 140 valence electrons. The zero-order chi connectivity index (χ0) is 20.0. The first kappa shape index (κ1) is 17.1. The van der Waals surface area contributed by atoms with Crippen molar-refractivity contribution in [2.75, 3.05) is 5.32 Å². The predicted octanol–water partition coefficient (Wildman–Crippen LogP) is 4.19. The van der Waals surface area contributed by atoms with Crippen molar-refractivity contribution in [1.82, 2.24) is 9.55 Å². The predicted molar refractivity (Wildman–Crippen MR) is 115 cm³/mol. The van der Waals surface area contributed by atoms with Crippen LogP contribution in [0, 0.1) is 6.92 Å². The van der Waals surface area contributed by atoms with Crippen LogP contribution in [0.2, 0.25) is 0 Å². The van der Waals surface area contributed by atoms with Gasteiger partial charge in [0.15, 0.2) is 0 Å². The number of carbonyl (C=O) groups is 1. The molecule has 0 saturated carbocycles. The number of anilines is 1. The fraction of sp³-hybridized carbons (Fsp3) is 0.0417. The monoisotopic (exact) mass is 379 g/mol. The van der Waals surface area contributed by atoms with Crippen molar-refractivity contribution in [1.29, 1.82) is 0 Å². The molecule has 3 aromatic carbocycles. The van der Waals surface area contributed by atoms with Crippen molar-refractivity contribution < 1.29 is 4.79 Å². The van der Waals surface area contributed by atoms with Crippen LogP contribution in [0.5, 0.6) is 0 Å². The highest BCUT2D eigenvalue weighted by molar-refractivity contribution is 6.34. The number of nitrogens with zero attached hydrogens (tertiary/aromatic N) is 2. The molecule has 0 bridgehead atoms. The number of hydrogen-bond donors (Lipinski definition) is 1. The van der Waals surface area contributed by atoms with Crippen molar-refractivity contribution in [2.24, 2.45) is 0 Å². The second-order valence-electron chi connectivity index (χ2n) is 7.02. The van der Waals surface area contributed by atoms with Gasteiger partial charge in [-0.05, 0) is 48.9 Å². The van der Waals surface area contributed by atoms with Crippen molar-refractivity contribution in [3.05, 3.63) is 100 Å². The number of amides is 1. The summed E-state index contributed by atoms with van der Waals surface area (Å²) in [5.74, 6) is 0.213. The topological polar surface area (TPSA) is 64.0 Å². The SMILES string of the molecule is Cc1cccc(-n2c(/C=C3\C(=O)Nc4ccccc43)nc3ccccc3c2=O)c1. The van der Waals surface area contributed by atoms with E-state index in [2.05, 4.69) is 5.32 Å². The van der Waals surface area contributed by atoms with Gasteiger partial charge < -0.3 is 5.32 Å². The molecule has 0 radical (unpaired) electrons. The number of nitrogens with one attached hydrogen (secondary N) is 1. The number of aromatic nitrogens is 2. The van der Waals surface area contributed by atoms with Gasteiger partial charge >= 0.3 is 0 Å². The number of hydrogen-bond acceptors (Lipinski definition) is 3. The summed E-state index contributed by atoms with van der Waals surface area (Å²) >= 11 is 0. The molecule has 0 unspecified atom stereocenters. The van der Waals surface area contributed by atoms with Crippen LogP contribution in [0.25, 0.3) is 28.2 Å². The lowest BCUT2D eigenvalue weighted by Crippen LogP contribution is -2.22. The number of rotatable bonds is 2. The average Bonchev–Trinajstić information content (AvgIpc) is 3.03. The number of aryl methyl sites for hydroxylation is 1. The molecule has 0 aliphatic carbocycles. The Morgan fingerprint density at radius 3 is 2.59 bits per heavy atom. The van der Waals surface area contributed by atoms with Crippen LogP contribution in [-0.4, -0.2) is 15.5 Å². The van der Waals surface area contributed by atoms with Gasteiger partial charge in [-0.15, -0.1) is 0 Å². The highest BCUT2D eigenvalue weighted by Crippen LogP contribution is 2.32. The van der Waals surface area contributed by atoms with E-state index in [1.807, 2.05) is 73.7 Å². The van der Waals surface area contributed by atoms with Crippen LogP contribution in [0.4, 0.5) is 5.69 Å². The minimum atomic E-state index is -0.204. The van der Waals surface area contributed by atoms with Crippen molar-refractivity contribution >= 4 is 34.1 Å². The highest BCUT2D eigenvalue weighted by atomic mass is 16.2. The third kappa shape index (κ3) is 2.84. The first-order chi connectivity index (χ1) is 14.1. The summed E-state index contributed by atoms with van der Waals surface area (Å²) in [6, 6.07) is 22.4. The maximum atomic E-state index is 13.4. The largest absolute Gasteiger partial charge is 0.321 e. The van der Waals surface area contributed by atoms with Crippen LogP contribution in [0.1, 0.15) is 17.0 Å². The van der Waals surface area contributed by atoms with Crippen LogP contribution >= 0.6 is 0 Å². The van der Waals surface area contributed by atoms with Gasteiger partial charge in [-0.25, -0.2) is 4.98 Å². The molecule has 1 aromatic heterocycles. The van der Waals surface area contributed by atoms with Gasteiger partial charge in [0.25, 0.3) is 11.5 Å². The zero-order valence-corrected chi connectivity index (χ0v) is 15.7. The Bertz CT molecular complexity index is 1380. The van der Waals surface area contributed by atoms with Crippen molar-refractivity contribution in [2.45, 2.75) is 6.92 Å². The molecular formula is C24H17N3O2. The Balaban J connectivity index is 1.83. The third-order valence-electron chi connectivity index (χ3n) is 5.05. The van der Waals surface area contributed by atoms with E-state index in [0.29, 0.717) is 28.0 Å². The quantitative estimate of drug-likeness (QED) is 0.531. The third-order valence-corrected chi connectivity index (χ3v) is 5.05. The Morgan fingerprint density at radius 2 is 1.72 bits per heavy atom. The number of fused-ring (bicyclic) bond motifs is 2. The summed E-state index contributed by atoms with van der Waals surface area (Å²) in [6.07, 6.45) is 1.69. The van der Waals surface area contributed by atoms with Gasteiger partial charge in [0.1, 0.15) is 5.82 Å². The Morgan fingerprint density at radius 1 is 0.931 bits per heavy atom. The number of carbonyl (C=O) groups excluding carboxylic acids is 1. The summed E-state index contributed by atoms with van der Waals surface area (Å²) in [5, 5.41) is 3.40. The molecule has 5 heteroatoms. The van der Waals surface area contributed by atoms with E-state index in [9.17, 15) is 9.59 Å². The number of para-hydroxylation sites is 2. The van der Waals surface area contributed by atoms with Gasteiger partial charge in [-0.3, -0.25) is 14.2 Å². The molecule has 0 atom stereocenters. The van der Waals surface area contributed by atoms with Crippen molar-refractivity contribution in [3.63, 3.8) is 0 Å². The van der Waals surface area contributed by atoms with E-state index in [1.165, 1.54) is 0 Å². The van der Waals surface area contributed by atoms with E-state index < -0.39 is 0 Å².